The van der Waals surface area contributed by atoms with Gasteiger partial charge in [0.1, 0.15) is 0 Å². The lowest BCUT2D eigenvalue weighted by atomic mass is 10.0. The van der Waals surface area contributed by atoms with Crippen LogP contribution in [-0.4, -0.2) is 67.8 Å². The molecule has 2 amide bonds. The number of hydrogen-bond donors (Lipinski definition) is 0. The number of amides is 2. The summed E-state index contributed by atoms with van der Waals surface area (Å²) in [5, 5.41) is 11.8. The second-order valence-electron chi connectivity index (χ2n) is 9.61. The van der Waals surface area contributed by atoms with E-state index in [1.54, 1.807) is 23.1 Å². The SMILES string of the molecule is CC1CN(C(=O)CCCSc2nnc(-c3cccs3)n2-c2ccccc2)CCN1C(=O)C1CCCC1. The number of thioether (sulfide) groups is 1. The van der Waals surface area contributed by atoms with Crippen molar-refractivity contribution in [2.45, 2.75) is 56.6 Å². The second kappa shape index (κ2) is 11.6. The van der Waals surface area contributed by atoms with Crippen LogP contribution < -0.4 is 0 Å². The third-order valence-electron chi connectivity index (χ3n) is 7.12. The minimum atomic E-state index is 0.0882. The Hall–Kier alpha value is -2.65. The van der Waals surface area contributed by atoms with Gasteiger partial charge in [-0.3, -0.25) is 14.2 Å². The van der Waals surface area contributed by atoms with Crippen LogP contribution in [0.1, 0.15) is 45.4 Å². The molecule has 0 spiro atoms. The average Bonchev–Trinajstić information content (AvgIpc) is 3.68. The highest BCUT2D eigenvalue weighted by Gasteiger charge is 2.34. The molecule has 2 fully saturated rings. The van der Waals surface area contributed by atoms with Crippen molar-refractivity contribution in [1.82, 2.24) is 24.6 Å². The predicted molar refractivity (Wildman–Crippen MR) is 144 cm³/mol. The van der Waals surface area contributed by atoms with Gasteiger partial charge in [0.15, 0.2) is 11.0 Å². The largest absolute Gasteiger partial charge is 0.339 e. The predicted octanol–water partition coefficient (Wildman–Crippen LogP) is 5.12. The van der Waals surface area contributed by atoms with Crippen LogP contribution in [0.15, 0.2) is 53.0 Å². The van der Waals surface area contributed by atoms with E-state index in [2.05, 4.69) is 39.9 Å². The van der Waals surface area contributed by atoms with Gasteiger partial charge in [-0.2, -0.15) is 0 Å². The first-order chi connectivity index (χ1) is 17.6. The van der Waals surface area contributed by atoms with E-state index in [9.17, 15) is 9.59 Å². The molecule has 1 saturated carbocycles. The molecule has 1 saturated heterocycles. The molecule has 1 aliphatic heterocycles. The Bertz CT molecular complexity index is 1160. The molecular weight excluding hydrogens is 490 g/mol. The molecular formula is C27H33N5O2S2. The topological polar surface area (TPSA) is 71.3 Å². The summed E-state index contributed by atoms with van der Waals surface area (Å²) in [6.45, 7) is 4.00. The third-order valence-corrected chi connectivity index (χ3v) is 9.00. The van der Waals surface area contributed by atoms with Gasteiger partial charge in [0.25, 0.3) is 0 Å². The van der Waals surface area contributed by atoms with Gasteiger partial charge in [0, 0.05) is 49.5 Å². The molecule has 2 aliphatic rings. The molecule has 1 aromatic carbocycles. The lowest BCUT2D eigenvalue weighted by Gasteiger charge is -2.41. The molecule has 0 bridgehead atoms. The first kappa shape index (κ1) is 25.0. The summed E-state index contributed by atoms with van der Waals surface area (Å²) in [7, 11) is 0. The molecule has 0 N–H and O–H groups in total. The normalized spacial score (nSPS) is 18.6. The fourth-order valence-corrected chi connectivity index (χ4v) is 6.79. The molecule has 190 valence electrons. The number of nitrogens with zero attached hydrogens (tertiary/aromatic N) is 5. The number of para-hydroxylation sites is 1. The number of benzene rings is 1. The van der Waals surface area contributed by atoms with E-state index in [1.165, 1.54) is 0 Å². The van der Waals surface area contributed by atoms with Gasteiger partial charge >= 0.3 is 0 Å². The molecule has 1 unspecified atom stereocenters. The number of carbonyl (C=O) groups is 2. The lowest BCUT2D eigenvalue weighted by Crippen LogP contribution is -2.56. The monoisotopic (exact) mass is 523 g/mol. The zero-order valence-corrected chi connectivity index (χ0v) is 22.3. The first-order valence-corrected chi connectivity index (χ1v) is 14.7. The summed E-state index contributed by atoms with van der Waals surface area (Å²) in [5.74, 6) is 2.31. The summed E-state index contributed by atoms with van der Waals surface area (Å²) < 4.78 is 2.10. The Kier molecular flexibility index (Phi) is 8.06. The molecule has 36 heavy (non-hydrogen) atoms. The van der Waals surface area contributed by atoms with Crippen LogP contribution in [-0.2, 0) is 9.59 Å². The maximum Gasteiger partial charge on any atom is 0.226 e. The molecule has 1 aliphatic carbocycles. The molecule has 2 aromatic heterocycles. The molecule has 3 heterocycles. The van der Waals surface area contributed by atoms with Gasteiger partial charge in [-0.25, -0.2) is 0 Å². The Balaban J connectivity index is 1.14. The van der Waals surface area contributed by atoms with E-state index in [-0.39, 0.29) is 17.9 Å². The minimum Gasteiger partial charge on any atom is -0.339 e. The van der Waals surface area contributed by atoms with Crippen molar-refractivity contribution in [2.75, 3.05) is 25.4 Å². The van der Waals surface area contributed by atoms with E-state index in [0.29, 0.717) is 32.0 Å². The van der Waals surface area contributed by atoms with Crippen molar-refractivity contribution in [3.05, 3.63) is 47.8 Å². The number of hydrogen-bond acceptors (Lipinski definition) is 6. The highest BCUT2D eigenvalue weighted by atomic mass is 32.2. The van der Waals surface area contributed by atoms with Crippen molar-refractivity contribution >= 4 is 34.9 Å². The van der Waals surface area contributed by atoms with E-state index >= 15 is 0 Å². The Morgan fingerprint density at radius 3 is 2.58 bits per heavy atom. The summed E-state index contributed by atoms with van der Waals surface area (Å²) in [6.07, 6.45) is 5.66. The van der Waals surface area contributed by atoms with E-state index in [1.807, 2.05) is 39.4 Å². The number of carbonyl (C=O) groups excluding carboxylic acids is 2. The number of rotatable bonds is 8. The van der Waals surface area contributed by atoms with Crippen LogP contribution in [0.4, 0.5) is 0 Å². The summed E-state index contributed by atoms with van der Waals surface area (Å²) in [4.78, 5) is 30.8. The molecule has 7 nitrogen and oxygen atoms in total. The minimum absolute atomic E-state index is 0.0882. The van der Waals surface area contributed by atoms with Gasteiger partial charge in [0.2, 0.25) is 11.8 Å². The first-order valence-electron chi connectivity index (χ1n) is 12.9. The Morgan fingerprint density at radius 2 is 1.86 bits per heavy atom. The van der Waals surface area contributed by atoms with Crippen LogP contribution in [0.3, 0.4) is 0 Å². The number of thiophene rings is 1. The molecule has 3 aromatic rings. The maximum absolute atomic E-state index is 12.9. The van der Waals surface area contributed by atoms with Crippen molar-refractivity contribution in [3.8, 4) is 16.4 Å². The van der Waals surface area contributed by atoms with Crippen LogP contribution in [0.2, 0.25) is 0 Å². The van der Waals surface area contributed by atoms with Crippen LogP contribution in [0.5, 0.6) is 0 Å². The molecule has 5 rings (SSSR count). The summed E-state index contributed by atoms with van der Waals surface area (Å²) >= 11 is 3.29. The smallest absolute Gasteiger partial charge is 0.226 e. The number of piperazine rings is 1. The van der Waals surface area contributed by atoms with Crippen molar-refractivity contribution in [1.29, 1.82) is 0 Å². The third kappa shape index (κ3) is 5.52. The second-order valence-corrected chi connectivity index (χ2v) is 11.6. The fraction of sp³-hybridized carbons (Fsp3) is 0.481. The van der Waals surface area contributed by atoms with E-state index in [4.69, 9.17) is 0 Å². The van der Waals surface area contributed by atoms with Crippen molar-refractivity contribution in [2.24, 2.45) is 5.92 Å². The maximum atomic E-state index is 12.9. The Labute approximate surface area is 220 Å². The highest BCUT2D eigenvalue weighted by molar-refractivity contribution is 7.99. The summed E-state index contributed by atoms with van der Waals surface area (Å²) in [6, 6.07) is 14.3. The van der Waals surface area contributed by atoms with Gasteiger partial charge in [0.05, 0.1) is 4.88 Å². The van der Waals surface area contributed by atoms with Crippen LogP contribution in [0, 0.1) is 5.92 Å². The molecule has 0 radical (unpaired) electrons. The quantitative estimate of drug-likeness (QED) is 0.303. The fourth-order valence-electron chi connectivity index (χ4n) is 5.20. The van der Waals surface area contributed by atoms with Gasteiger partial charge < -0.3 is 9.80 Å². The molecule has 9 heteroatoms. The average molecular weight is 524 g/mol. The van der Waals surface area contributed by atoms with Crippen LogP contribution in [0.25, 0.3) is 16.4 Å². The Morgan fingerprint density at radius 1 is 1.06 bits per heavy atom. The number of aromatic nitrogens is 3. The summed E-state index contributed by atoms with van der Waals surface area (Å²) in [5.41, 5.74) is 1.03. The van der Waals surface area contributed by atoms with Gasteiger partial charge in [-0.15, -0.1) is 21.5 Å². The van der Waals surface area contributed by atoms with Crippen molar-refractivity contribution < 1.29 is 9.59 Å². The zero-order valence-electron chi connectivity index (χ0n) is 20.7. The van der Waals surface area contributed by atoms with E-state index < -0.39 is 0 Å². The van der Waals surface area contributed by atoms with Gasteiger partial charge in [-0.05, 0) is 49.8 Å². The highest BCUT2D eigenvalue weighted by Crippen LogP contribution is 2.31. The van der Waals surface area contributed by atoms with Crippen molar-refractivity contribution in [3.63, 3.8) is 0 Å². The standard InChI is InChI=1S/C27H33N5O2S2/c1-20-19-30(15-16-31(20)26(34)21-9-5-6-10-21)24(33)14-8-18-36-27-29-28-25(23-13-7-17-35-23)32(27)22-11-3-2-4-12-22/h2-4,7,11-13,17,20-21H,5-6,8-10,14-16,18-19H2,1H3. The zero-order chi connectivity index (χ0) is 24.9. The molecule has 1 atom stereocenters. The lowest BCUT2D eigenvalue weighted by molar-refractivity contribution is -0.145. The van der Waals surface area contributed by atoms with Crippen LogP contribution >= 0.6 is 23.1 Å². The van der Waals surface area contributed by atoms with E-state index in [0.717, 1.165) is 59.4 Å². The van der Waals surface area contributed by atoms with Gasteiger partial charge in [-0.1, -0.05) is 48.9 Å².